The van der Waals surface area contributed by atoms with Crippen molar-refractivity contribution in [2.75, 3.05) is 14.1 Å². The Morgan fingerprint density at radius 2 is 2.00 bits per heavy atom. The summed E-state index contributed by atoms with van der Waals surface area (Å²) in [5.41, 5.74) is 5.71. The van der Waals surface area contributed by atoms with Gasteiger partial charge < -0.3 is 15.0 Å². The van der Waals surface area contributed by atoms with Crippen LogP contribution >= 0.6 is 11.8 Å². The van der Waals surface area contributed by atoms with Crippen LogP contribution in [0.1, 0.15) is 22.4 Å². The Kier molecular flexibility index (Phi) is 5.34. The molecule has 0 unspecified atom stereocenters. The first-order valence-electron chi connectivity index (χ1n) is 8.44. The molecule has 0 bridgehead atoms. The van der Waals surface area contributed by atoms with Crippen LogP contribution in [0.2, 0.25) is 0 Å². The molecule has 6 heteroatoms. The first-order chi connectivity index (χ1) is 12.4. The summed E-state index contributed by atoms with van der Waals surface area (Å²) in [6.07, 6.45) is 0. The molecule has 0 saturated carbocycles. The quantitative estimate of drug-likeness (QED) is 0.460. The summed E-state index contributed by atoms with van der Waals surface area (Å²) in [5.74, 6) is 1.03. The summed E-state index contributed by atoms with van der Waals surface area (Å²) in [6, 6.07) is 9.26. The summed E-state index contributed by atoms with van der Waals surface area (Å²) in [5, 5.41) is 14.0. The number of thioether (sulfide) groups is 1. The molecule has 0 spiro atoms. The van der Waals surface area contributed by atoms with Gasteiger partial charge in [-0.1, -0.05) is 6.07 Å². The molecule has 2 aromatic carbocycles. The molecule has 0 aliphatic rings. The molecular weight excluding hydrogens is 346 g/mol. The number of aromatic amines is 1. The summed E-state index contributed by atoms with van der Waals surface area (Å²) in [6.45, 7) is 4.67. The van der Waals surface area contributed by atoms with Crippen LogP contribution in [0.15, 0.2) is 40.4 Å². The highest BCUT2D eigenvalue weighted by atomic mass is 32.2. The molecule has 5 nitrogen and oxygen atoms in total. The molecule has 0 aliphatic carbocycles. The monoisotopic (exact) mass is 369 g/mol. The molecule has 3 rings (SSSR count). The van der Waals surface area contributed by atoms with Gasteiger partial charge in [-0.25, -0.2) is 0 Å². The van der Waals surface area contributed by atoms with Crippen LogP contribution < -0.4 is 0 Å². The first kappa shape index (κ1) is 18.5. The lowest BCUT2D eigenvalue weighted by Gasteiger charge is -2.14. The van der Waals surface area contributed by atoms with Crippen molar-refractivity contribution in [3.63, 3.8) is 0 Å². The third-order valence-electron chi connectivity index (χ3n) is 4.47. The number of fused-ring (bicyclic) bond motifs is 1. The molecule has 1 heterocycles. The Balaban J connectivity index is 2.03. The number of aromatic hydroxyl groups is 1. The maximum atomic E-state index is 11.4. The van der Waals surface area contributed by atoms with Crippen molar-refractivity contribution in [1.82, 2.24) is 9.88 Å². The maximum absolute atomic E-state index is 11.4. The van der Waals surface area contributed by atoms with Gasteiger partial charge in [-0.15, -0.1) is 16.7 Å². The zero-order valence-corrected chi connectivity index (χ0v) is 16.3. The topological polar surface area (TPSA) is 68.7 Å². The van der Waals surface area contributed by atoms with E-state index in [0.717, 1.165) is 43.9 Å². The van der Waals surface area contributed by atoms with Crippen molar-refractivity contribution < 1.29 is 5.11 Å². The van der Waals surface area contributed by atoms with Crippen LogP contribution in [-0.2, 0) is 12.3 Å². The number of nitrogens with zero attached hydrogens (tertiary/aromatic N) is 2. The summed E-state index contributed by atoms with van der Waals surface area (Å²) in [7, 11) is 3.98. The number of hydrogen-bond donors (Lipinski definition) is 2. The van der Waals surface area contributed by atoms with Gasteiger partial charge in [-0.2, -0.15) is 0 Å². The van der Waals surface area contributed by atoms with E-state index in [1.54, 1.807) is 23.9 Å². The Hall–Kier alpha value is -2.31. The van der Waals surface area contributed by atoms with E-state index in [0.29, 0.717) is 12.2 Å². The van der Waals surface area contributed by atoms with Crippen molar-refractivity contribution in [2.24, 2.45) is 5.18 Å². The molecule has 0 saturated heterocycles. The zero-order valence-electron chi connectivity index (χ0n) is 15.5. The second-order valence-corrected chi connectivity index (χ2v) is 7.84. The highest BCUT2D eigenvalue weighted by molar-refractivity contribution is 7.98. The maximum Gasteiger partial charge on any atom is 0.116 e. The number of hydrogen-bond acceptors (Lipinski definition) is 5. The molecule has 0 atom stereocenters. The van der Waals surface area contributed by atoms with Crippen LogP contribution in [0.4, 0.5) is 5.69 Å². The van der Waals surface area contributed by atoms with Gasteiger partial charge in [-0.3, -0.25) is 0 Å². The molecule has 0 fully saturated rings. The second-order valence-electron chi connectivity index (χ2n) is 6.79. The van der Waals surface area contributed by atoms with Crippen molar-refractivity contribution in [3.05, 3.63) is 57.6 Å². The Labute approximate surface area is 157 Å². The smallest absolute Gasteiger partial charge is 0.116 e. The minimum atomic E-state index is 0.272. The Bertz CT molecular complexity index is 963. The molecule has 2 N–H and O–H groups in total. The largest absolute Gasteiger partial charge is 0.508 e. The number of nitroso groups, excluding NO2 is 1. The number of phenols is 1. The third kappa shape index (κ3) is 3.61. The van der Waals surface area contributed by atoms with Gasteiger partial charge in [0.25, 0.3) is 0 Å². The van der Waals surface area contributed by atoms with Crippen LogP contribution in [0.25, 0.3) is 10.9 Å². The lowest BCUT2D eigenvalue weighted by atomic mass is 10.00. The fourth-order valence-corrected chi connectivity index (χ4v) is 4.26. The van der Waals surface area contributed by atoms with Crippen molar-refractivity contribution >= 4 is 28.4 Å². The Morgan fingerprint density at radius 3 is 2.65 bits per heavy atom. The van der Waals surface area contributed by atoms with E-state index in [1.165, 1.54) is 0 Å². The van der Waals surface area contributed by atoms with E-state index >= 15 is 0 Å². The molecular formula is C20H23N3O2S. The molecule has 1 aromatic heterocycles. The summed E-state index contributed by atoms with van der Waals surface area (Å²) >= 11 is 1.66. The number of H-pyrrole nitrogens is 1. The Morgan fingerprint density at radius 1 is 1.23 bits per heavy atom. The van der Waals surface area contributed by atoms with Gasteiger partial charge in [0.15, 0.2) is 0 Å². The SMILES string of the molecule is Cc1cc2[nH]c(CSc3cccc(O)c3)c(C)c2c(CN(C)C)c1N=O. The van der Waals surface area contributed by atoms with E-state index in [9.17, 15) is 10.0 Å². The lowest BCUT2D eigenvalue weighted by molar-refractivity contribution is 0.404. The van der Waals surface area contributed by atoms with Crippen LogP contribution in [0.3, 0.4) is 0 Å². The average molecular weight is 369 g/mol. The van der Waals surface area contributed by atoms with Gasteiger partial charge in [-0.05, 0) is 68.5 Å². The number of rotatable bonds is 6. The summed E-state index contributed by atoms with van der Waals surface area (Å²) in [4.78, 5) is 18.0. The number of aryl methyl sites for hydroxylation is 2. The molecule has 0 aliphatic heterocycles. The molecule has 0 amide bonds. The van der Waals surface area contributed by atoms with Crippen molar-refractivity contribution in [2.45, 2.75) is 31.0 Å². The van der Waals surface area contributed by atoms with Crippen molar-refractivity contribution in [1.29, 1.82) is 0 Å². The van der Waals surface area contributed by atoms with E-state index < -0.39 is 0 Å². The predicted molar refractivity (Wildman–Crippen MR) is 108 cm³/mol. The second kappa shape index (κ2) is 7.51. The van der Waals surface area contributed by atoms with Crippen LogP contribution in [-0.4, -0.2) is 29.1 Å². The minimum absolute atomic E-state index is 0.272. The zero-order chi connectivity index (χ0) is 18.8. The summed E-state index contributed by atoms with van der Waals surface area (Å²) < 4.78 is 0. The fourth-order valence-electron chi connectivity index (χ4n) is 3.28. The highest BCUT2D eigenvalue weighted by Gasteiger charge is 2.18. The van der Waals surface area contributed by atoms with Gasteiger partial charge in [0.1, 0.15) is 11.4 Å². The van der Waals surface area contributed by atoms with E-state index in [1.807, 2.05) is 39.2 Å². The average Bonchev–Trinajstić information content (AvgIpc) is 2.88. The number of aromatic nitrogens is 1. The van der Waals surface area contributed by atoms with Gasteiger partial charge in [0, 0.05) is 39.4 Å². The minimum Gasteiger partial charge on any atom is -0.508 e. The van der Waals surface area contributed by atoms with E-state index in [-0.39, 0.29) is 5.75 Å². The van der Waals surface area contributed by atoms with Gasteiger partial charge in [0.05, 0.1) is 0 Å². The first-order valence-corrected chi connectivity index (χ1v) is 9.42. The number of nitrogens with one attached hydrogen (secondary N) is 1. The molecule has 3 aromatic rings. The van der Waals surface area contributed by atoms with Gasteiger partial charge >= 0.3 is 0 Å². The van der Waals surface area contributed by atoms with E-state index in [2.05, 4.69) is 22.0 Å². The highest BCUT2D eigenvalue weighted by Crippen LogP contribution is 2.37. The molecule has 0 radical (unpaired) electrons. The van der Waals surface area contributed by atoms with Crippen molar-refractivity contribution in [3.8, 4) is 5.75 Å². The van der Waals surface area contributed by atoms with Crippen LogP contribution in [0.5, 0.6) is 5.75 Å². The molecule has 136 valence electrons. The number of phenolic OH excluding ortho intramolecular Hbond substituents is 1. The lowest BCUT2D eigenvalue weighted by Crippen LogP contribution is -2.11. The van der Waals surface area contributed by atoms with Gasteiger partial charge in [0.2, 0.25) is 0 Å². The molecule has 26 heavy (non-hydrogen) atoms. The third-order valence-corrected chi connectivity index (χ3v) is 5.49. The standard InChI is InChI=1S/C20H23N3O2S/c1-12-8-17-19(16(10-23(3)4)20(12)22-25)13(2)18(21-17)11-26-15-7-5-6-14(24)9-15/h5-9,21,24H,10-11H2,1-4H3. The number of benzene rings is 2. The van der Waals surface area contributed by atoms with E-state index in [4.69, 9.17) is 0 Å². The normalized spacial score (nSPS) is 11.4. The fraction of sp³-hybridized carbons (Fsp3) is 0.300. The van der Waals surface area contributed by atoms with Crippen LogP contribution in [0, 0.1) is 18.8 Å². The predicted octanol–water partition coefficient (Wildman–Crippen LogP) is 5.24.